The minimum absolute atomic E-state index is 0.414. The normalized spacial score (nSPS) is 12.5. The molecule has 1 N–H and O–H groups in total. The molecule has 0 saturated carbocycles. The first kappa shape index (κ1) is 18.3. The van der Waals surface area contributed by atoms with Crippen molar-refractivity contribution in [2.75, 3.05) is 20.6 Å². The summed E-state index contributed by atoms with van der Waals surface area (Å²) in [5.41, 5.74) is 0.308. The van der Waals surface area contributed by atoms with Crippen LogP contribution >= 0.6 is 11.3 Å². The number of hydrogen-bond donors (Lipinski definition) is 1. The van der Waals surface area contributed by atoms with Crippen LogP contribution in [0.4, 0.5) is 13.2 Å². The van der Waals surface area contributed by atoms with E-state index in [1.165, 1.54) is 0 Å². The molecule has 0 aliphatic rings. The zero-order valence-electron chi connectivity index (χ0n) is 13.8. The molecule has 0 spiro atoms. The van der Waals surface area contributed by atoms with Crippen molar-refractivity contribution in [3.05, 3.63) is 40.1 Å². The molecule has 132 valence electrons. The highest BCUT2D eigenvalue weighted by atomic mass is 32.1. The zero-order chi connectivity index (χ0) is 17.7. The number of alkyl halides is 3. The largest absolute Gasteiger partial charge is 0.434 e. The molecule has 2 rings (SSSR count). The quantitative estimate of drug-likeness (QED) is 0.660. The van der Waals surface area contributed by atoms with Gasteiger partial charge in [-0.15, -0.1) is 11.3 Å². The van der Waals surface area contributed by atoms with Crippen molar-refractivity contribution in [3.8, 4) is 0 Å². The van der Waals surface area contributed by atoms with Crippen LogP contribution < -0.4 is 5.32 Å². The second-order valence-electron chi connectivity index (χ2n) is 5.31. The van der Waals surface area contributed by atoms with Gasteiger partial charge in [0.25, 0.3) is 0 Å². The molecule has 0 amide bonds. The average Bonchev–Trinajstić information content (AvgIpc) is 3.13. The van der Waals surface area contributed by atoms with Gasteiger partial charge >= 0.3 is 6.18 Å². The molecule has 2 aromatic rings. The van der Waals surface area contributed by atoms with Gasteiger partial charge in [0.15, 0.2) is 11.7 Å². The van der Waals surface area contributed by atoms with Gasteiger partial charge in [0.2, 0.25) is 0 Å². The van der Waals surface area contributed by atoms with Crippen LogP contribution in [0.3, 0.4) is 0 Å². The third-order valence-corrected chi connectivity index (χ3v) is 4.40. The number of thiazole rings is 1. The maximum atomic E-state index is 12.5. The van der Waals surface area contributed by atoms with Crippen molar-refractivity contribution < 1.29 is 13.2 Å². The first-order valence-corrected chi connectivity index (χ1v) is 8.23. The second-order valence-corrected chi connectivity index (χ2v) is 6.26. The molecule has 2 heterocycles. The Hall–Kier alpha value is -2.03. The van der Waals surface area contributed by atoms with Crippen molar-refractivity contribution in [2.24, 2.45) is 12.0 Å². The molecule has 0 atom stereocenters. The van der Waals surface area contributed by atoms with Crippen LogP contribution in [0.5, 0.6) is 0 Å². The van der Waals surface area contributed by atoms with Crippen LogP contribution in [-0.4, -0.2) is 41.1 Å². The van der Waals surface area contributed by atoms with E-state index in [0.717, 1.165) is 22.4 Å². The van der Waals surface area contributed by atoms with E-state index >= 15 is 0 Å². The highest BCUT2D eigenvalue weighted by Gasteiger charge is 2.33. The summed E-state index contributed by atoms with van der Waals surface area (Å²) >= 11 is 1.02. The highest BCUT2D eigenvalue weighted by molar-refractivity contribution is 7.09. The minimum Gasteiger partial charge on any atom is -0.356 e. The Morgan fingerprint density at radius 1 is 1.46 bits per heavy atom. The van der Waals surface area contributed by atoms with Crippen molar-refractivity contribution in [3.63, 3.8) is 0 Å². The van der Waals surface area contributed by atoms with E-state index < -0.39 is 11.9 Å². The second kappa shape index (κ2) is 7.69. The predicted molar refractivity (Wildman–Crippen MR) is 89.1 cm³/mol. The first-order valence-electron chi connectivity index (χ1n) is 7.35. The van der Waals surface area contributed by atoms with E-state index in [1.54, 1.807) is 7.05 Å². The molecule has 0 fully saturated rings. The standard InChI is InChI=1S/C15H20F3N5S/c1-19-14(23(3)9-11-5-4-8-22(11)2)20-7-6-13-21-12(10-24-13)15(16,17)18/h4-5,8,10H,6-7,9H2,1-3H3,(H,19,20). The van der Waals surface area contributed by atoms with E-state index in [1.807, 2.05) is 41.9 Å². The summed E-state index contributed by atoms with van der Waals surface area (Å²) in [5, 5.41) is 4.65. The van der Waals surface area contributed by atoms with Crippen molar-refractivity contribution in [2.45, 2.75) is 19.1 Å². The maximum absolute atomic E-state index is 12.5. The lowest BCUT2D eigenvalue weighted by Gasteiger charge is -2.22. The summed E-state index contributed by atoms with van der Waals surface area (Å²) in [4.78, 5) is 9.77. The summed E-state index contributed by atoms with van der Waals surface area (Å²) in [6.45, 7) is 1.15. The fourth-order valence-electron chi connectivity index (χ4n) is 2.20. The lowest BCUT2D eigenvalue weighted by atomic mass is 10.4. The number of rotatable bonds is 5. The van der Waals surface area contributed by atoms with Gasteiger partial charge in [-0.2, -0.15) is 13.2 Å². The molecule has 2 aromatic heterocycles. The molecule has 9 heteroatoms. The number of nitrogens with one attached hydrogen (secondary N) is 1. The molecule has 5 nitrogen and oxygen atoms in total. The minimum atomic E-state index is -4.38. The topological polar surface area (TPSA) is 45.5 Å². The lowest BCUT2D eigenvalue weighted by Crippen LogP contribution is -2.39. The van der Waals surface area contributed by atoms with Crippen LogP contribution in [-0.2, 0) is 26.2 Å². The molecular formula is C15H20F3N5S. The maximum Gasteiger partial charge on any atom is 0.434 e. The number of aliphatic imine (C=N–C) groups is 1. The molecule has 0 saturated heterocycles. The summed E-state index contributed by atoms with van der Waals surface area (Å²) in [5.74, 6) is 0.684. The van der Waals surface area contributed by atoms with Gasteiger partial charge in [-0.05, 0) is 12.1 Å². The first-order chi connectivity index (χ1) is 11.3. The molecule has 0 aromatic carbocycles. The fourth-order valence-corrected chi connectivity index (χ4v) is 3.01. The van der Waals surface area contributed by atoms with E-state index in [0.29, 0.717) is 30.5 Å². The van der Waals surface area contributed by atoms with Crippen molar-refractivity contribution >= 4 is 17.3 Å². The molecule has 24 heavy (non-hydrogen) atoms. The Morgan fingerprint density at radius 2 is 2.21 bits per heavy atom. The van der Waals surface area contributed by atoms with Crippen LogP contribution in [0.2, 0.25) is 0 Å². The van der Waals surface area contributed by atoms with Crippen LogP contribution in [0.1, 0.15) is 16.4 Å². The number of halogens is 3. The molecule has 0 bridgehead atoms. The van der Waals surface area contributed by atoms with Crippen LogP contribution in [0.15, 0.2) is 28.7 Å². The Kier molecular flexibility index (Phi) is 5.87. The summed E-state index contributed by atoms with van der Waals surface area (Å²) < 4.78 is 39.6. The van der Waals surface area contributed by atoms with Gasteiger partial charge in [-0.1, -0.05) is 0 Å². The Balaban J connectivity index is 1.85. The SMILES string of the molecule is CN=C(NCCc1nc(C(F)(F)F)cs1)N(C)Cc1cccn1C. The fraction of sp³-hybridized carbons (Fsp3) is 0.467. The number of nitrogens with zero attached hydrogens (tertiary/aromatic N) is 4. The van der Waals surface area contributed by atoms with Gasteiger partial charge in [-0.25, -0.2) is 4.98 Å². The Bertz CT molecular complexity index is 689. The monoisotopic (exact) mass is 359 g/mol. The van der Waals surface area contributed by atoms with Gasteiger partial charge in [0.05, 0.1) is 11.6 Å². The van der Waals surface area contributed by atoms with Crippen molar-refractivity contribution in [1.29, 1.82) is 0 Å². The van der Waals surface area contributed by atoms with Gasteiger partial charge < -0.3 is 14.8 Å². The van der Waals surface area contributed by atoms with Gasteiger partial charge in [0.1, 0.15) is 0 Å². The third-order valence-electron chi connectivity index (χ3n) is 3.49. The number of aryl methyl sites for hydroxylation is 1. The van der Waals surface area contributed by atoms with E-state index in [2.05, 4.69) is 15.3 Å². The Morgan fingerprint density at radius 3 is 2.75 bits per heavy atom. The van der Waals surface area contributed by atoms with Gasteiger partial charge in [-0.3, -0.25) is 4.99 Å². The van der Waals surface area contributed by atoms with Crippen molar-refractivity contribution in [1.82, 2.24) is 19.8 Å². The van der Waals surface area contributed by atoms with E-state index in [9.17, 15) is 13.2 Å². The highest BCUT2D eigenvalue weighted by Crippen LogP contribution is 2.29. The molecule has 0 aliphatic heterocycles. The van der Waals surface area contributed by atoms with Crippen LogP contribution in [0, 0.1) is 0 Å². The molecule has 0 unspecified atom stereocenters. The summed E-state index contributed by atoms with van der Waals surface area (Å²) in [6, 6.07) is 4.00. The summed E-state index contributed by atoms with van der Waals surface area (Å²) in [7, 11) is 5.56. The number of guanidine groups is 1. The Labute approximate surface area is 142 Å². The molecule has 0 aliphatic carbocycles. The number of aromatic nitrogens is 2. The lowest BCUT2D eigenvalue weighted by molar-refractivity contribution is -0.140. The van der Waals surface area contributed by atoms with E-state index in [-0.39, 0.29) is 0 Å². The smallest absolute Gasteiger partial charge is 0.356 e. The van der Waals surface area contributed by atoms with Gasteiger partial charge in [0, 0.05) is 51.4 Å². The molecular weight excluding hydrogens is 339 g/mol. The molecule has 0 radical (unpaired) electrons. The zero-order valence-corrected chi connectivity index (χ0v) is 14.6. The third kappa shape index (κ3) is 4.73. The summed E-state index contributed by atoms with van der Waals surface area (Å²) in [6.07, 6.45) is -1.99. The van der Waals surface area contributed by atoms with Crippen LogP contribution in [0.25, 0.3) is 0 Å². The van der Waals surface area contributed by atoms with E-state index in [4.69, 9.17) is 0 Å². The predicted octanol–water partition coefficient (Wildman–Crippen LogP) is 2.75. The average molecular weight is 359 g/mol. The number of hydrogen-bond acceptors (Lipinski definition) is 3.